The molecule has 5 nitrogen and oxygen atoms in total. The number of fused-ring (bicyclic) bond motifs is 1. The van der Waals surface area contributed by atoms with E-state index in [2.05, 4.69) is 16.0 Å². The fraction of sp³-hybridized carbons (Fsp3) is 0.467. The highest BCUT2D eigenvalue weighted by molar-refractivity contribution is 5.96. The van der Waals surface area contributed by atoms with E-state index in [9.17, 15) is 9.59 Å². The second-order valence-corrected chi connectivity index (χ2v) is 4.97. The van der Waals surface area contributed by atoms with Crippen LogP contribution in [0.5, 0.6) is 0 Å². The van der Waals surface area contributed by atoms with Crippen molar-refractivity contribution in [3.05, 3.63) is 29.8 Å². The first-order valence-electron chi connectivity index (χ1n) is 7.09. The molecule has 3 N–H and O–H groups in total. The molecular weight excluding hydrogens is 254 g/mol. The summed E-state index contributed by atoms with van der Waals surface area (Å²) < 4.78 is 0. The zero-order valence-corrected chi connectivity index (χ0v) is 11.7. The minimum Gasteiger partial charge on any atom is -0.355 e. The summed E-state index contributed by atoms with van der Waals surface area (Å²) in [6.07, 6.45) is 2.43. The van der Waals surface area contributed by atoms with Gasteiger partial charge >= 0.3 is 0 Å². The molecule has 1 aliphatic heterocycles. The number of hydrogen-bond donors (Lipinski definition) is 3. The smallest absolute Gasteiger partial charge is 0.241 e. The molecule has 5 heteroatoms. The minimum absolute atomic E-state index is 0.0681. The summed E-state index contributed by atoms with van der Waals surface area (Å²) >= 11 is 0. The lowest BCUT2D eigenvalue weighted by Crippen LogP contribution is -2.45. The summed E-state index contributed by atoms with van der Waals surface area (Å²) in [5.41, 5.74) is 2.01. The van der Waals surface area contributed by atoms with Gasteiger partial charge in [-0.15, -0.1) is 0 Å². The van der Waals surface area contributed by atoms with Crippen molar-refractivity contribution in [2.45, 2.75) is 32.2 Å². The molecule has 20 heavy (non-hydrogen) atoms. The molecule has 0 saturated carbocycles. The summed E-state index contributed by atoms with van der Waals surface area (Å²) in [7, 11) is 0. The lowest BCUT2D eigenvalue weighted by Gasteiger charge is -2.14. The zero-order chi connectivity index (χ0) is 14.4. The summed E-state index contributed by atoms with van der Waals surface area (Å²) in [5.74, 6) is -0.139. The lowest BCUT2D eigenvalue weighted by atomic mass is 10.1. The molecule has 0 saturated heterocycles. The van der Waals surface area contributed by atoms with Gasteiger partial charge in [-0.3, -0.25) is 14.9 Å². The van der Waals surface area contributed by atoms with Crippen LogP contribution in [0.3, 0.4) is 0 Å². The summed E-state index contributed by atoms with van der Waals surface area (Å²) in [6.45, 7) is 2.85. The molecular formula is C15H21N3O2. The fourth-order valence-electron chi connectivity index (χ4n) is 2.25. The highest BCUT2D eigenvalue weighted by atomic mass is 16.2. The van der Waals surface area contributed by atoms with Crippen LogP contribution >= 0.6 is 0 Å². The Kier molecular flexibility index (Phi) is 5.12. The van der Waals surface area contributed by atoms with Gasteiger partial charge < -0.3 is 10.6 Å². The molecule has 1 unspecified atom stereocenters. The largest absolute Gasteiger partial charge is 0.355 e. The van der Waals surface area contributed by atoms with Crippen LogP contribution in [0, 0.1) is 0 Å². The number of anilines is 1. The van der Waals surface area contributed by atoms with Crippen LogP contribution in [0.2, 0.25) is 0 Å². The van der Waals surface area contributed by atoms with Crippen molar-refractivity contribution < 1.29 is 9.59 Å². The molecule has 0 radical (unpaired) electrons. The molecule has 1 aromatic rings. The third kappa shape index (κ3) is 3.81. The Balaban J connectivity index is 1.88. The summed E-state index contributed by atoms with van der Waals surface area (Å²) in [4.78, 5) is 23.6. The molecule has 1 aromatic carbocycles. The number of nitrogens with one attached hydrogen (secondary N) is 3. The number of carbonyl (C=O) groups excluding carboxylic acids is 2. The first kappa shape index (κ1) is 14.5. The first-order valence-corrected chi connectivity index (χ1v) is 7.09. The second-order valence-electron chi connectivity index (χ2n) is 4.97. The standard InChI is InChI=1S/C15H21N3O2/c1-2-9-16-14(19)10-17-13-8-7-11-5-3-4-6-12(11)18-15(13)20/h3-6,13,17H,2,7-10H2,1H3,(H,16,19)(H,18,20). The molecule has 1 aliphatic rings. The molecule has 0 bridgehead atoms. The van der Waals surface area contributed by atoms with Crippen molar-refractivity contribution in [3.63, 3.8) is 0 Å². The average Bonchev–Trinajstić information content (AvgIpc) is 2.61. The molecule has 108 valence electrons. The predicted octanol–water partition coefficient (Wildman–Crippen LogP) is 1.06. The van der Waals surface area contributed by atoms with Gasteiger partial charge in [0.15, 0.2) is 0 Å². The van der Waals surface area contributed by atoms with Gasteiger partial charge in [-0.2, -0.15) is 0 Å². The molecule has 1 heterocycles. The van der Waals surface area contributed by atoms with Crippen molar-refractivity contribution in [3.8, 4) is 0 Å². The third-order valence-electron chi connectivity index (χ3n) is 3.38. The first-order chi connectivity index (χ1) is 9.70. The third-order valence-corrected chi connectivity index (χ3v) is 3.38. The molecule has 0 fully saturated rings. The maximum Gasteiger partial charge on any atom is 0.241 e. The molecule has 0 aliphatic carbocycles. The lowest BCUT2D eigenvalue weighted by molar-refractivity contribution is -0.121. The molecule has 2 amide bonds. The number of para-hydroxylation sites is 1. The Morgan fingerprint density at radius 1 is 1.40 bits per heavy atom. The Morgan fingerprint density at radius 3 is 3.00 bits per heavy atom. The van der Waals surface area contributed by atoms with Gasteiger partial charge in [0.05, 0.1) is 12.6 Å². The van der Waals surface area contributed by atoms with Crippen LogP contribution in [0.15, 0.2) is 24.3 Å². The van der Waals surface area contributed by atoms with E-state index in [1.807, 2.05) is 31.2 Å². The number of rotatable bonds is 5. The molecule has 0 aromatic heterocycles. The SMILES string of the molecule is CCCNC(=O)CNC1CCc2ccccc2NC1=O. The van der Waals surface area contributed by atoms with Crippen molar-refractivity contribution in [2.75, 3.05) is 18.4 Å². The Labute approximate surface area is 119 Å². The Hall–Kier alpha value is -1.88. The number of carbonyl (C=O) groups is 2. The van der Waals surface area contributed by atoms with E-state index in [-0.39, 0.29) is 24.4 Å². The van der Waals surface area contributed by atoms with Gasteiger partial charge in [0.2, 0.25) is 11.8 Å². The summed E-state index contributed by atoms with van der Waals surface area (Å²) in [6, 6.07) is 7.48. The van der Waals surface area contributed by atoms with E-state index in [1.54, 1.807) is 0 Å². The highest BCUT2D eigenvalue weighted by Crippen LogP contribution is 2.21. The van der Waals surface area contributed by atoms with Gasteiger partial charge in [0.25, 0.3) is 0 Å². The van der Waals surface area contributed by atoms with Crippen molar-refractivity contribution in [1.82, 2.24) is 10.6 Å². The van der Waals surface area contributed by atoms with Crippen LogP contribution in [0.1, 0.15) is 25.3 Å². The molecule has 0 spiro atoms. The van der Waals surface area contributed by atoms with Crippen LogP contribution in [-0.4, -0.2) is 30.9 Å². The van der Waals surface area contributed by atoms with Gasteiger partial charge in [-0.1, -0.05) is 25.1 Å². The van der Waals surface area contributed by atoms with Gasteiger partial charge in [0.1, 0.15) is 0 Å². The van der Waals surface area contributed by atoms with E-state index >= 15 is 0 Å². The normalized spacial score (nSPS) is 17.9. The van der Waals surface area contributed by atoms with E-state index in [4.69, 9.17) is 0 Å². The van der Waals surface area contributed by atoms with E-state index in [0.29, 0.717) is 13.0 Å². The average molecular weight is 275 g/mol. The number of amides is 2. The van der Waals surface area contributed by atoms with Crippen LogP contribution < -0.4 is 16.0 Å². The Bertz CT molecular complexity index is 488. The van der Waals surface area contributed by atoms with E-state index in [1.165, 1.54) is 0 Å². The molecule has 2 rings (SSSR count). The van der Waals surface area contributed by atoms with Gasteiger partial charge in [-0.25, -0.2) is 0 Å². The number of benzene rings is 1. The fourth-order valence-corrected chi connectivity index (χ4v) is 2.25. The monoisotopic (exact) mass is 275 g/mol. The van der Waals surface area contributed by atoms with Crippen molar-refractivity contribution >= 4 is 17.5 Å². The highest BCUT2D eigenvalue weighted by Gasteiger charge is 2.23. The topological polar surface area (TPSA) is 70.2 Å². The second kappa shape index (κ2) is 7.05. The van der Waals surface area contributed by atoms with E-state index in [0.717, 1.165) is 24.1 Å². The maximum absolute atomic E-state index is 12.1. The van der Waals surface area contributed by atoms with Gasteiger partial charge in [-0.05, 0) is 30.9 Å². The summed E-state index contributed by atoms with van der Waals surface area (Å²) in [5, 5.41) is 8.72. The van der Waals surface area contributed by atoms with Crippen LogP contribution in [-0.2, 0) is 16.0 Å². The number of aryl methyl sites for hydroxylation is 1. The van der Waals surface area contributed by atoms with Crippen molar-refractivity contribution in [2.24, 2.45) is 0 Å². The van der Waals surface area contributed by atoms with Gasteiger partial charge in [0, 0.05) is 12.2 Å². The predicted molar refractivity (Wildman–Crippen MR) is 78.5 cm³/mol. The van der Waals surface area contributed by atoms with Crippen LogP contribution in [0.25, 0.3) is 0 Å². The van der Waals surface area contributed by atoms with Crippen LogP contribution in [0.4, 0.5) is 5.69 Å². The van der Waals surface area contributed by atoms with Crippen molar-refractivity contribution in [1.29, 1.82) is 0 Å². The number of hydrogen-bond acceptors (Lipinski definition) is 3. The maximum atomic E-state index is 12.1. The quantitative estimate of drug-likeness (QED) is 0.752. The molecule has 1 atom stereocenters. The Morgan fingerprint density at radius 2 is 2.20 bits per heavy atom. The zero-order valence-electron chi connectivity index (χ0n) is 11.7. The minimum atomic E-state index is -0.324. The van der Waals surface area contributed by atoms with E-state index < -0.39 is 0 Å².